The Bertz CT molecular complexity index is 91.2. The molecule has 1 nitrogen and oxygen atoms in total. The van der Waals surface area contributed by atoms with Gasteiger partial charge < -0.3 is 5.32 Å². The highest BCUT2D eigenvalue weighted by Gasteiger charge is 2.19. The molecule has 0 fully saturated rings. The van der Waals surface area contributed by atoms with Crippen molar-refractivity contribution in [3.05, 3.63) is 0 Å². The zero-order valence-corrected chi connectivity index (χ0v) is 9.24. The minimum Gasteiger partial charge on any atom is -0.312 e. The number of nitrogens with one attached hydrogen (secondary N) is 1. The zero-order chi connectivity index (χ0) is 9.45. The first kappa shape index (κ1) is 12.0. The SMILES string of the molecule is CCCCC(C)(CC)NCCC. The molecule has 0 aromatic heterocycles. The lowest BCUT2D eigenvalue weighted by atomic mass is 9.92. The van der Waals surface area contributed by atoms with Crippen LogP contribution in [0.3, 0.4) is 0 Å². The Hall–Kier alpha value is -0.0400. The van der Waals surface area contributed by atoms with Gasteiger partial charge >= 0.3 is 0 Å². The topological polar surface area (TPSA) is 12.0 Å². The van der Waals surface area contributed by atoms with Gasteiger partial charge in [-0.05, 0) is 32.7 Å². The molecule has 12 heavy (non-hydrogen) atoms. The van der Waals surface area contributed by atoms with E-state index in [1.165, 1.54) is 32.1 Å². The van der Waals surface area contributed by atoms with Gasteiger partial charge in [0.25, 0.3) is 0 Å². The van der Waals surface area contributed by atoms with Crippen LogP contribution in [0.1, 0.15) is 59.8 Å². The molecule has 1 heteroatoms. The van der Waals surface area contributed by atoms with Gasteiger partial charge in [0.05, 0.1) is 0 Å². The van der Waals surface area contributed by atoms with Crippen LogP contribution in [0, 0.1) is 0 Å². The lowest BCUT2D eigenvalue weighted by Gasteiger charge is -2.29. The van der Waals surface area contributed by atoms with E-state index >= 15 is 0 Å². The average molecular weight is 171 g/mol. The van der Waals surface area contributed by atoms with Crippen molar-refractivity contribution in [2.75, 3.05) is 6.54 Å². The molecule has 0 spiro atoms. The molecule has 0 aliphatic heterocycles. The second-order valence-corrected chi connectivity index (χ2v) is 3.94. The highest BCUT2D eigenvalue weighted by molar-refractivity contribution is 4.80. The van der Waals surface area contributed by atoms with Crippen molar-refractivity contribution >= 4 is 0 Å². The summed E-state index contributed by atoms with van der Waals surface area (Å²) in [6, 6.07) is 0. The first-order chi connectivity index (χ1) is 5.68. The molecule has 1 unspecified atom stereocenters. The third-order valence-electron chi connectivity index (χ3n) is 2.66. The fraction of sp³-hybridized carbons (Fsp3) is 1.00. The predicted molar refractivity (Wildman–Crippen MR) is 56.5 cm³/mol. The van der Waals surface area contributed by atoms with E-state index in [0.717, 1.165) is 6.54 Å². The maximum absolute atomic E-state index is 3.63. The Morgan fingerprint density at radius 3 is 2.17 bits per heavy atom. The van der Waals surface area contributed by atoms with Crippen molar-refractivity contribution < 1.29 is 0 Å². The molecule has 0 heterocycles. The molecule has 0 radical (unpaired) electrons. The van der Waals surface area contributed by atoms with Crippen LogP contribution in [0.15, 0.2) is 0 Å². The van der Waals surface area contributed by atoms with E-state index in [9.17, 15) is 0 Å². The zero-order valence-electron chi connectivity index (χ0n) is 9.24. The van der Waals surface area contributed by atoms with E-state index in [1.807, 2.05) is 0 Å². The second-order valence-electron chi connectivity index (χ2n) is 3.94. The van der Waals surface area contributed by atoms with Gasteiger partial charge in [-0.3, -0.25) is 0 Å². The summed E-state index contributed by atoms with van der Waals surface area (Å²) in [6.07, 6.45) is 6.46. The Morgan fingerprint density at radius 1 is 1.08 bits per heavy atom. The fourth-order valence-corrected chi connectivity index (χ4v) is 1.38. The van der Waals surface area contributed by atoms with E-state index in [4.69, 9.17) is 0 Å². The molecule has 0 aromatic rings. The van der Waals surface area contributed by atoms with Gasteiger partial charge in [-0.25, -0.2) is 0 Å². The molecule has 1 atom stereocenters. The molecule has 0 aromatic carbocycles. The summed E-state index contributed by atoms with van der Waals surface area (Å²) in [5, 5.41) is 3.63. The average Bonchev–Trinajstić information content (AvgIpc) is 2.11. The van der Waals surface area contributed by atoms with E-state index in [2.05, 4.69) is 33.0 Å². The summed E-state index contributed by atoms with van der Waals surface area (Å²) < 4.78 is 0. The number of unbranched alkanes of at least 4 members (excludes halogenated alkanes) is 1. The van der Waals surface area contributed by atoms with Crippen LogP contribution >= 0.6 is 0 Å². The van der Waals surface area contributed by atoms with Crippen molar-refractivity contribution in [3.8, 4) is 0 Å². The standard InChI is InChI=1S/C11H25N/c1-5-8-9-11(4,7-3)12-10-6-2/h12H,5-10H2,1-4H3. The summed E-state index contributed by atoms with van der Waals surface area (Å²) in [4.78, 5) is 0. The van der Waals surface area contributed by atoms with Gasteiger partial charge in [0.2, 0.25) is 0 Å². The third kappa shape index (κ3) is 4.76. The van der Waals surface area contributed by atoms with Crippen molar-refractivity contribution in [2.45, 2.75) is 65.3 Å². The van der Waals surface area contributed by atoms with E-state index < -0.39 is 0 Å². The van der Waals surface area contributed by atoms with Crippen LogP contribution in [0.5, 0.6) is 0 Å². The quantitative estimate of drug-likeness (QED) is 0.619. The molecule has 0 bridgehead atoms. The van der Waals surface area contributed by atoms with Crippen molar-refractivity contribution in [1.82, 2.24) is 5.32 Å². The summed E-state index contributed by atoms with van der Waals surface area (Å²) in [7, 11) is 0. The molecule has 0 saturated carbocycles. The van der Waals surface area contributed by atoms with Gasteiger partial charge in [-0.2, -0.15) is 0 Å². The molecular formula is C11H25N. The Kier molecular flexibility index (Phi) is 6.45. The molecule has 0 amide bonds. The molecule has 0 aliphatic rings. The van der Waals surface area contributed by atoms with E-state index in [1.54, 1.807) is 0 Å². The molecule has 74 valence electrons. The number of hydrogen-bond acceptors (Lipinski definition) is 1. The van der Waals surface area contributed by atoms with Gasteiger partial charge in [0, 0.05) is 5.54 Å². The maximum Gasteiger partial charge on any atom is 0.0150 e. The van der Waals surface area contributed by atoms with Crippen LogP contribution in [0.25, 0.3) is 0 Å². The van der Waals surface area contributed by atoms with Crippen molar-refractivity contribution in [3.63, 3.8) is 0 Å². The lowest BCUT2D eigenvalue weighted by molar-refractivity contribution is 0.312. The Morgan fingerprint density at radius 2 is 1.75 bits per heavy atom. The van der Waals surface area contributed by atoms with E-state index in [0.29, 0.717) is 5.54 Å². The summed E-state index contributed by atoms with van der Waals surface area (Å²) in [6.45, 7) is 10.3. The van der Waals surface area contributed by atoms with E-state index in [-0.39, 0.29) is 0 Å². The predicted octanol–water partition coefficient (Wildman–Crippen LogP) is 3.34. The van der Waals surface area contributed by atoms with Crippen LogP contribution in [-0.4, -0.2) is 12.1 Å². The van der Waals surface area contributed by atoms with Crippen LogP contribution < -0.4 is 5.32 Å². The maximum atomic E-state index is 3.63. The largest absolute Gasteiger partial charge is 0.312 e. The van der Waals surface area contributed by atoms with Crippen molar-refractivity contribution in [1.29, 1.82) is 0 Å². The molecule has 0 rings (SSSR count). The molecule has 1 N–H and O–H groups in total. The first-order valence-corrected chi connectivity index (χ1v) is 5.43. The fourth-order valence-electron chi connectivity index (χ4n) is 1.38. The highest BCUT2D eigenvalue weighted by atomic mass is 15.0. The Balaban J connectivity index is 3.70. The third-order valence-corrected chi connectivity index (χ3v) is 2.66. The molecule has 0 saturated heterocycles. The first-order valence-electron chi connectivity index (χ1n) is 5.43. The van der Waals surface area contributed by atoms with Crippen LogP contribution in [0.4, 0.5) is 0 Å². The summed E-state index contributed by atoms with van der Waals surface area (Å²) in [5.41, 5.74) is 0.395. The molecular weight excluding hydrogens is 146 g/mol. The Labute approximate surface area is 77.9 Å². The van der Waals surface area contributed by atoms with Gasteiger partial charge in [0.15, 0.2) is 0 Å². The van der Waals surface area contributed by atoms with Gasteiger partial charge in [0.1, 0.15) is 0 Å². The summed E-state index contributed by atoms with van der Waals surface area (Å²) in [5.74, 6) is 0. The monoisotopic (exact) mass is 171 g/mol. The van der Waals surface area contributed by atoms with Gasteiger partial charge in [-0.15, -0.1) is 0 Å². The van der Waals surface area contributed by atoms with Crippen LogP contribution in [0.2, 0.25) is 0 Å². The van der Waals surface area contributed by atoms with Crippen molar-refractivity contribution in [2.24, 2.45) is 0 Å². The van der Waals surface area contributed by atoms with Gasteiger partial charge in [-0.1, -0.05) is 33.6 Å². The lowest BCUT2D eigenvalue weighted by Crippen LogP contribution is -2.42. The number of rotatable bonds is 7. The van der Waals surface area contributed by atoms with Crippen LogP contribution in [-0.2, 0) is 0 Å². The minimum atomic E-state index is 0.395. The number of hydrogen-bond donors (Lipinski definition) is 1. The molecule has 0 aliphatic carbocycles. The summed E-state index contributed by atoms with van der Waals surface area (Å²) >= 11 is 0. The minimum absolute atomic E-state index is 0.395. The normalized spacial score (nSPS) is 16.0. The smallest absolute Gasteiger partial charge is 0.0150 e. The second kappa shape index (κ2) is 6.47. The highest BCUT2D eigenvalue weighted by Crippen LogP contribution is 2.17.